The monoisotopic (exact) mass is 496 g/mol. The number of nitrogens with zero attached hydrogens (tertiary/aromatic N) is 1. The highest BCUT2D eigenvalue weighted by atomic mass is 35.5. The molecule has 0 bridgehead atoms. The standard InChI is InChI=1S/C24H21ClN4O6/c1-10-13(25)4-3-12-20(10)27-23(33)24(12)19-18(14(28-24)7-17(26)30)21(31)29(22(19)32)8-11-2-5-15-16(6-11)35-9-34-15/h2-6,14,18-19,28H,7-9H2,1H3,(H2,26,30)(H,27,33)/t14-,18+,19+,24+/m0/s1. The Morgan fingerprint density at radius 2 is 1.94 bits per heavy atom. The Hall–Kier alpha value is -3.63. The molecule has 180 valence electrons. The molecule has 0 unspecified atom stereocenters. The third-order valence-corrected chi connectivity index (χ3v) is 7.78. The molecule has 0 aliphatic carbocycles. The van der Waals surface area contributed by atoms with E-state index >= 15 is 0 Å². The molecule has 11 heteroatoms. The molecule has 2 aromatic rings. The lowest BCUT2D eigenvalue weighted by Gasteiger charge is -2.29. The summed E-state index contributed by atoms with van der Waals surface area (Å²) in [6.07, 6.45) is -0.199. The van der Waals surface area contributed by atoms with Crippen molar-refractivity contribution in [2.75, 3.05) is 12.1 Å². The maximum Gasteiger partial charge on any atom is 0.250 e. The molecule has 10 nitrogen and oxygen atoms in total. The number of ether oxygens (including phenoxy) is 2. The second-order valence-corrected chi connectivity index (χ2v) is 9.64. The molecule has 1 spiro atoms. The molecule has 4 atom stereocenters. The van der Waals surface area contributed by atoms with Gasteiger partial charge < -0.3 is 20.5 Å². The van der Waals surface area contributed by atoms with E-state index < -0.39 is 47.0 Å². The number of carbonyl (C=O) groups is 4. The van der Waals surface area contributed by atoms with Crippen LogP contribution in [0.15, 0.2) is 30.3 Å². The Labute approximate surface area is 204 Å². The van der Waals surface area contributed by atoms with Crippen molar-refractivity contribution in [2.24, 2.45) is 17.6 Å². The van der Waals surface area contributed by atoms with E-state index in [-0.39, 0.29) is 19.8 Å². The highest BCUT2D eigenvalue weighted by molar-refractivity contribution is 6.32. The van der Waals surface area contributed by atoms with Crippen molar-refractivity contribution < 1.29 is 28.7 Å². The molecule has 0 radical (unpaired) electrons. The summed E-state index contributed by atoms with van der Waals surface area (Å²) in [5, 5.41) is 6.47. The van der Waals surface area contributed by atoms with Crippen LogP contribution < -0.4 is 25.8 Å². The Bertz CT molecular complexity index is 1350. The van der Waals surface area contributed by atoms with Crippen molar-refractivity contribution >= 4 is 40.9 Å². The molecular formula is C24H21ClN4O6. The smallest absolute Gasteiger partial charge is 0.250 e. The van der Waals surface area contributed by atoms with Crippen LogP contribution in [0, 0.1) is 18.8 Å². The van der Waals surface area contributed by atoms with Crippen LogP contribution in [0.25, 0.3) is 0 Å². The Balaban J connectivity index is 1.43. The van der Waals surface area contributed by atoms with Crippen molar-refractivity contribution in [3.63, 3.8) is 0 Å². The Morgan fingerprint density at radius 3 is 2.71 bits per heavy atom. The maximum atomic E-state index is 13.8. The zero-order valence-corrected chi connectivity index (χ0v) is 19.3. The average molecular weight is 497 g/mol. The normalized spacial score (nSPS) is 28.0. The Morgan fingerprint density at radius 1 is 1.17 bits per heavy atom. The number of nitrogens with one attached hydrogen (secondary N) is 2. The molecule has 4 aliphatic heterocycles. The third kappa shape index (κ3) is 2.93. The fraction of sp³-hybridized carbons (Fsp3) is 0.333. The highest BCUT2D eigenvalue weighted by Gasteiger charge is 2.70. The number of fused-ring (bicyclic) bond motifs is 5. The maximum absolute atomic E-state index is 13.8. The largest absolute Gasteiger partial charge is 0.454 e. The summed E-state index contributed by atoms with van der Waals surface area (Å²) < 4.78 is 10.7. The van der Waals surface area contributed by atoms with Gasteiger partial charge in [0.15, 0.2) is 11.5 Å². The molecule has 4 N–H and O–H groups in total. The zero-order valence-electron chi connectivity index (χ0n) is 18.6. The lowest BCUT2D eigenvalue weighted by molar-refractivity contribution is -0.143. The lowest BCUT2D eigenvalue weighted by Crippen LogP contribution is -2.53. The topological polar surface area (TPSA) is 140 Å². The molecule has 4 amide bonds. The number of likely N-dealkylation sites (tertiary alicyclic amines) is 1. The molecule has 35 heavy (non-hydrogen) atoms. The van der Waals surface area contributed by atoms with Gasteiger partial charge in [-0.1, -0.05) is 23.7 Å². The van der Waals surface area contributed by atoms with E-state index in [0.29, 0.717) is 38.9 Å². The molecule has 2 aromatic carbocycles. The lowest BCUT2D eigenvalue weighted by atomic mass is 9.76. The molecule has 0 aromatic heterocycles. The van der Waals surface area contributed by atoms with Gasteiger partial charge >= 0.3 is 0 Å². The van der Waals surface area contributed by atoms with Crippen LogP contribution in [0.5, 0.6) is 11.5 Å². The molecule has 0 saturated carbocycles. The summed E-state index contributed by atoms with van der Waals surface area (Å²) in [4.78, 5) is 53.9. The number of anilines is 1. The number of benzene rings is 2. The van der Waals surface area contributed by atoms with Crippen LogP contribution in [0.3, 0.4) is 0 Å². The number of hydrogen-bond acceptors (Lipinski definition) is 7. The predicted molar refractivity (Wildman–Crippen MR) is 122 cm³/mol. The van der Waals surface area contributed by atoms with E-state index in [4.69, 9.17) is 26.8 Å². The zero-order chi connectivity index (χ0) is 24.6. The van der Waals surface area contributed by atoms with Gasteiger partial charge in [-0.25, -0.2) is 0 Å². The van der Waals surface area contributed by atoms with Crippen LogP contribution in [-0.4, -0.2) is 41.4 Å². The minimum absolute atomic E-state index is 0.00516. The van der Waals surface area contributed by atoms with E-state index in [1.807, 2.05) is 0 Å². The van der Waals surface area contributed by atoms with E-state index in [2.05, 4.69) is 10.6 Å². The first-order valence-electron chi connectivity index (χ1n) is 11.1. The summed E-state index contributed by atoms with van der Waals surface area (Å²) in [5.41, 5.74) is 6.30. The van der Waals surface area contributed by atoms with Crippen molar-refractivity contribution in [1.29, 1.82) is 0 Å². The number of imide groups is 1. The van der Waals surface area contributed by atoms with E-state index in [1.165, 1.54) is 0 Å². The van der Waals surface area contributed by atoms with Crippen LogP contribution >= 0.6 is 11.6 Å². The van der Waals surface area contributed by atoms with E-state index in [0.717, 1.165) is 4.90 Å². The van der Waals surface area contributed by atoms with Crippen LogP contribution in [-0.2, 0) is 31.3 Å². The molecule has 2 saturated heterocycles. The fourth-order valence-corrected chi connectivity index (χ4v) is 5.98. The van der Waals surface area contributed by atoms with Gasteiger partial charge in [0.05, 0.1) is 24.1 Å². The van der Waals surface area contributed by atoms with Crippen molar-refractivity contribution in [3.05, 3.63) is 52.0 Å². The SMILES string of the molecule is Cc1c(Cl)ccc2c1NC(=O)[C@@]21N[C@@H](CC(N)=O)[C@H]2C(=O)N(Cc3ccc4c(c3)OCO4)C(=O)[C@@H]21. The molecule has 2 fully saturated rings. The quantitative estimate of drug-likeness (QED) is 0.540. The molecule has 6 rings (SSSR count). The van der Waals surface area contributed by atoms with Gasteiger partial charge in [0.1, 0.15) is 5.54 Å². The van der Waals surface area contributed by atoms with Gasteiger partial charge in [-0.2, -0.15) is 0 Å². The fourth-order valence-electron chi connectivity index (χ4n) is 5.82. The molecule has 4 aliphatic rings. The number of carbonyl (C=O) groups excluding carboxylic acids is 4. The van der Waals surface area contributed by atoms with E-state index in [1.54, 1.807) is 37.3 Å². The second-order valence-electron chi connectivity index (χ2n) is 9.23. The highest BCUT2D eigenvalue weighted by Crippen LogP contribution is 2.54. The first-order valence-corrected chi connectivity index (χ1v) is 11.5. The summed E-state index contributed by atoms with van der Waals surface area (Å²) in [5.74, 6) is -2.92. The average Bonchev–Trinajstić information content (AvgIpc) is 3.53. The molecule has 4 heterocycles. The Kier molecular flexibility index (Phi) is 4.64. The summed E-state index contributed by atoms with van der Waals surface area (Å²) >= 11 is 6.27. The van der Waals surface area contributed by atoms with Gasteiger partial charge in [-0.05, 0) is 36.2 Å². The number of hydrogen-bond donors (Lipinski definition) is 3. The number of rotatable bonds is 4. The number of halogens is 1. The summed E-state index contributed by atoms with van der Waals surface area (Å²) in [7, 11) is 0. The van der Waals surface area contributed by atoms with Crippen molar-refractivity contribution in [2.45, 2.75) is 31.5 Å². The molecular weight excluding hydrogens is 476 g/mol. The number of primary amides is 1. The van der Waals surface area contributed by atoms with Gasteiger partial charge in [0.2, 0.25) is 30.4 Å². The summed E-state index contributed by atoms with van der Waals surface area (Å²) in [6, 6.07) is 7.73. The van der Waals surface area contributed by atoms with Gasteiger partial charge in [0.25, 0.3) is 0 Å². The van der Waals surface area contributed by atoms with E-state index in [9.17, 15) is 19.2 Å². The minimum atomic E-state index is -1.52. The number of nitrogens with two attached hydrogens (primary N) is 1. The third-order valence-electron chi connectivity index (χ3n) is 7.37. The van der Waals surface area contributed by atoms with Crippen LogP contribution in [0.1, 0.15) is 23.1 Å². The van der Waals surface area contributed by atoms with Crippen LogP contribution in [0.2, 0.25) is 5.02 Å². The second kappa shape index (κ2) is 7.43. The number of amides is 4. The van der Waals surface area contributed by atoms with Crippen molar-refractivity contribution in [1.82, 2.24) is 10.2 Å². The van der Waals surface area contributed by atoms with Crippen molar-refractivity contribution in [3.8, 4) is 11.5 Å². The predicted octanol–water partition coefficient (Wildman–Crippen LogP) is 1.17. The minimum Gasteiger partial charge on any atom is -0.454 e. The first kappa shape index (κ1) is 21.9. The first-order chi connectivity index (χ1) is 16.7. The van der Waals surface area contributed by atoms with Crippen LogP contribution in [0.4, 0.5) is 5.69 Å². The summed E-state index contributed by atoms with van der Waals surface area (Å²) in [6.45, 7) is 1.86. The van der Waals surface area contributed by atoms with Gasteiger partial charge in [-0.3, -0.25) is 29.4 Å². The van der Waals surface area contributed by atoms with Gasteiger partial charge in [0, 0.05) is 23.0 Å². The van der Waals surface area contributed by atoms with Gasteiger partial charge in [-0.15, -0.1) is 0 Å².